The van der Waals surface area contributed by atoms with Crippen molar-refractivity contribution in [2.75, 3.05) is 5.32 Å². The first-order chi connectivity index (χ1) is 17.4. The zero-order valence-electron chi connectivity index (χ0n) is 22.5. The van der Waals surface area contributed by atoms with Crippen molar-refractivity contribution in [1.29, 1.82) is 0 Å². The molecule has 1 amide bonds. The second-order valence-corrected chi connectivity index (χ2v) is 16.0. The third kappa shape index (κ3) is 5.04. The Balaban J connectivity index is 1.71. The first kappa shape index (κ1) is 27.7. The van der Waals surface area contributed by atoms with Crippen molar-refractivity contribution in [3.8, 4) is 22.6 Å². The van der Waals surface area contributed by atoms with Gasteiger partial charge in [0.25, 0.3) is 14.2 Å². The molecule has 3 aromatic rings. The number of hydrogen-bond donors (Lipinski definition) is 2. The van der Waals surface area contributed by atoms with Gasteiger partial charge in [-0.2, -0.15) is 0 Å². The summed E-state index contributed by atoms with van der Waals surface area (Å²) in [5.74, 6) is -0.184. The number of amides is 1. The van der Waals surface area contributed by atoms with Gasteiger partial charge in [-0.1, -0.05) is 45.0 Å². The number of carbonyl (C=O) groups excluding carboxylic acids is 1. The van der Waals surface area contributed by atoms with Gasteiger partial charge in [-0.25, -0.2) is 0 Å². The molecule has 1 heterocycles. The molecule has 4 rings (SSSR count). The van der Waals surface area contributed by atoms with E-state index in [1.807, 2.05) is 13.8 Å². The van der Waals surface area contributed by atoms with E-state index >= 15 is 0 Å². The van der Waals surface area contributed by atoms with E-state index in [1.165, 1.54) is 18.2 Å². The van der Waals surface area contributed by atoms with E-state index in [-0.39, 0.29) is 10.8 Å². The van der Waals surface area contributed by atoms with Gasteiger partial charge in [-0.05, 0) is 90.1 Å². The Hall–Kier alpha value is -3.30. The van der Waals surface area contributed by atoms with Crippen molar-refractivity contribution in [1.82, 2.24) is 0 Å². The number of halogens is 3. The van der Waals surface area contributed by atoms with E-state index in [9.17, 15) is 23.1 Å². The number of benzene rings is 3. The highest BCUT2D eigenvalue weighted by Crippen LogP contribution is 2.45. The average molecular weight is 544 g/mol. The summed E-state index contributed by atoms with van der Waals surface area (Å²) in [6, 6.07) is 14.0. The fourth-order valence-electron chi connectivity index (χ4n) is 4.37. The minimum Gasteiger partial charge on any atom is -0.543 e. The van der Waals surface area contributed by atoms with Crippen LogP contribution < -0.4 is 14.5 Å². The quantitative estimate of drug-likeness (QED) is 0.328. The molecule has 3 aromatic carbocycles. The Morgan fingerprint density at radius 2 is 1.53 bits per heavy atom. The van der Waals surface area contributed by atoms with Gasteiger partial charge >= 0.3 is 6.36 Å². The highest BCUT2D eigenvalue weighted by Gasteiger charge is 2.47. The molecule has 38 heavy (non-hydrogen) atoms. The summed E-state index contributed by atoms with van der Waals surface area (Å²) in [4.78, 5) is 13.1. The number of anilines is 1. The molecule has 0 spiro atoms. The van der Waals surface area contributed by atoms with Gasteiger partial charge in [0.2, 0.25) is 0 Å². The predicted octanol–water partition coefficient (Wildman–Crippen LogP) is 7.44. The van der Waals surface area contributed by atoms with Crippen LogP contribution in [0, 0.1) is 13.8 Å². The van der Waals surface area contributed by atoms with Crippen molar-refractivity contribution in [3.63, 3.8) is 0 Å². The summed E-state index contributed by atoms with van der Waals surface area (Å²) in [6.07, 6.45) is -4.80. The van der Waals surface area contributed by atoms with E-state index in [0.717, 1.165) is 16.9 Å². The second kappa shape index (κ2) is 9.16. The van der Waals surface area contributed by atoms with Gasteiger partial charge in [-0.15, -0.1) is 13.2 Å². The summed E-state index contributed by atoms with van der Waals surface area (Å²) < 4.78 is 48.6. The molecular formula is C29H32F3NO4Si. The Morgan fingerprint density at radius 3 is 2.11 bits per heavy atom. The Morgan fingerprint density at radius 1 is 0.921 bits per heavy atom. The van der Waals surface area contributed by atoms with E-state index in [2.05, 4.69) is 43.9 Å². The molecule has 1 aliphatic heterocycles. The third-order valence-corrected chi connectivity index (χ3v) is 11.8. The molecule has 1 aliphatic rings. The van der Waals surface area contributed by atoms with Crippen LogP contribution in [0.4, 0.5) is 18.9 Å². The highest BCUT2D eigenvalue weighted by atomic mass is 28.4. The lowest BCUT2D eigenvalue weighted by molar-refractivity contribution is -0.274. The number of nitrogens with one attached hydrogen (secondary N) is 1. The van der Waals surface area contributed by atoms with Crippen LogP contribution >= 0.6 is 0 Å². The largest absolute Gasteiger partial charge is 0.573 e. The van der Waals surface area contributed by atoms with Crippen LogP contribution in [0.3, 0.4) is 0 Å². The van der Waals surface area contributed by atoms with Gasteiger partial charge < -0.3 is 19.6 Å². The molecule has 202 valence electrons. The lowest BCUT2D eigenvalue weighted by atomic mass is 9.85. The molecule has 0 aliphatic carbocycles. The normalized spacial score (nSPS) is 17.7. The molecule has 2 N–H and O–H groups in total. The van der Waals surface area contributed by atoms with Crippen LogP contribution in [0.25, 0.3) is 11.1 Å². The molecule has 9 heteroatoms. The maximum atomic E-state index is 13.1. The number of alkyl halides is 3. The zero-order chi connectivity index (χ0) is 28.3. The van der Waals surface area contributed by atoms with E-state index in [0.29, 0.717) is 27.9 Å². The van der Waals surface area contributed by atoms with Crippen molar-refractivity contribution in [2.45, 2.75) is 64.7 Å². The van der Waals surface area contributed by atoms with Gasteiger partial charge in [0, 0.05) is 11.3 Å². The molecule has 0 aromatic heterocycles. The van der Waals surface area contributed by atoms with Crippen molar-refractivity contribution < 1.29 is 32.2 Å². The summed E-state index contributed by atoms with van der Waals surface area (Å²) in [7, 11) is -2.12. The van der Waals surface area contributed by atoms with Crippen molar-refractivity contribution in [2.24, 2.45) is 0 Å². The minimum atomic E-state index is -4.80. The van der Waals surface area contributed by atoms with Crippen molar-refractivity contribution >= 4 is 19.9 Å². The summed E-state index contributed by atoms with van der Waals surface area (Å²) in [5.41, 5.74) is 1.90. The lowest BCUT2D eigenvalue weighted by Crippen LogP contribution is -2.44. The maximum absolute atomic E-state index is 13.1. The van der Waals surface area contributed by atoms with Crippen molar-refractivity contribution in [3.05, 3.63) is 76.9 Å². The van der Waals surface area contributed by atoms with Gasteiger partial charge in [0.05, 0.1) is 0 Å². The van der Waals surface area contributed by atoms with Crippen LogP contribution in [0.5, 0.6) is 11.5 Å². The smallest absolute Gasteiger partial charge is 0.543 e. The third-order valence-electron chi connectivity index (χ3n) is 7.43. The number of aliphatic hydroxyl groups is 1. The first-order valence-electron chi connectivity index (χ1n) is 12.3. The molecule has 1 unspecified atom stereocenters. The second-order valence-electron chi connectivity index (χ2n) is 11.3. The van der Waals surface area contributed by atoms with Crippen LogP contribution in [-0.2, 0) is 10.4 Å². The summed E-state index contributed by atoms with van der Waals surface area (Å²) in [5, 5.41) is 14.5. The fourth-order valence-corrected chi connectivity index (χ4v) is 5.50. The molecule has 0 saturated carbocycles. The SMILES string of the molecule is Cc1cc(C2(O)C(=O)Nc3cc(-c4cccc(OC(F)(F)F)c4)ccc32)cc(C)c1O[Si](C)(C)C(C)(C)C. The van der Waals surface area contributed by atoms with Crippen LogP contribution in [0.15, 0.2) is 54.6 Å². The Labute approximate surface area is 221 Å². The number of carbonyl (C=O) groups is 1. The number of rotatable bonds is 5. The fraction of sp³-hybridized carbons (Fsp3) is 0.345. The lowest BCUT2D eigenvalue weighted by Gasteiger charge is -2.37. The summed E-state index contributed by atoms with van der Waals surface area (Å²) in [6.45, 7) is 14.6. The highest BCUT2D eigenvalue weighted by molar-refractivity contribution is 6.74. The van der Waals surface area contributed by atoms with E-state index in [1.54, 1.807) is 36.4 Å². The molecular weight excluding hydrogens is 511 g/mol. The van der Waals surface area contributed by atoms with Crippen LogP contribution in [-0.4, -0.2) is 25.7 Å². The number of aryl methyl sites for hydroxylation is 2. The molecule has 0 radical (unpaired) electrons. The maximum Gasteiger partial charge on any atom is 0.573 e. The predicted molar refractivity (Wildman–Crippen MR) is 144 cm³/mol. The molecule has 5 nitrogen and oxygen atoms in total. The average Bonchev–Trinajstić information content (AvgIpc) is 3.04. The number of ether oxygens (including phenoxy) is 1. The molecule has 0 saturated heterocycles. The van der Waals surface area contributed by atoms with E-state index in [4.69, 9.17) is 4.43 Å². The molecule has 0 bridgehead atoms. The van der Waals surface area contributed by atoms with Gasteiger partial charge in [-0.3, -0.25) is 4.79 Å². The Kier molecular flexibility index (Phi) is 6.69. The zero-order valence-corrected chi connectivity index (χ0v) is 23.5. The molecule has 0 fully saturated rings. The van der Waals surface area contributed by atoms with Crippen LogP contribution in [0.2, 0.25) is 18.1 Å². The minimum absolute atomic E-state index is 0.00310. The summed E-state index contributed by atoms with van der Waals surface area (Å²) >= 11 is 0. The monoisotopic (exact) mass is 543 g/mol. The van der Waals surface area contributed by atoms with E-state index < -0.39 is 26.2 Å². The Bertz CT molecular complexity index is 1390. The topological polar surface area (TPSA) is 67.8 Å². The number of hydrogen-bond acceptors (Lipinski definition) is 4. The van der Waals surface area contributed by atoms with Gasteiger partial charge in [0.15, 0.2) is 5.60 Å². The van der Waals surface area contributed by atoms with Gasteiger partial charge in [0.1, 0.15) is 11.5 Å². The van der Waals surface area contributed by atoms with Crippen LogP contribution in [0.1, 0.15) is 43.0 Å². The molecule has 1 atom stereocenters. The number of fused-ring (bicyclic) bond motifs is 1. The first-order valence-corrected chi connectivity index (χ1v) is 15.2. The standard InChI is InChI=1S/C29H32F3NO4Si/c1-17-13-21(14-18(2)25(17)37-38(6,7)27(3,4)5)28(35)23-12-11-20(16-24(23)33-26(28)34)19-9-8-10-22(15-19)36-29(30,31)32/h8-16,35H,1-7H3,(H,33,34).